The van der Waals surface area contributed by atoms with E-state index in [1.165, 1.54) is 0 Å². The normalized spacial score (nSPS) is 11.6. The maximum atomic E-state index is 13.4. The molecule has 0 saturated heterocycles. The number of rotatable bonds is 8. The third-order valence-electron chi connectivity index (χ3n) is 4.83. The SMILES string of the molecule is CCCCOc1ccc(C(=O)C(=Cc2ccc(Cl)cc2)c2nc3ccccc3o2)cc1. The zero-order valence-electron chi connectivity index (χ0n) is 17.2. The van der Waals surface area contributed by atoms with Gasteiger partial charge in [0.05, 0.1) is 12.2 Å². The zero-order valence-corrected chi connectivity index (χ0v) is 17.9. The lowest BCUT2D eigenvalue weighted by Gasteiger charge is -2.07. The number of ether oxygens (including phenoxy) is 1. The number of fused-ring (bicyclic) bond motifs is 1. The topological polar surface area (TPSA) is 52.3 Å². The molecule has 0 N–H and O–H groups in total. The quantitative estimate of drug-likeness (QED) is 0.170. The van der Waals surface area contributed by atoms with Gasteiger partial charge < -0.3 is 9.15 Å². The molecule has 0 aliphatic carbocycles. The number of halogens is 1. The van der Waals surface area contributed by atoms with Crippen molar-refractivity contribution in [3.63, 3.8) is 0 Å². The van der Waals surface area contributed by atoms with Crippen LogP contribution >= 0.6 is 11.6 Å². The molecule has 0 unspecified atom stereocenters. The molecule has 0 saturated carbocycles. The Labute approximate surface area is 186 Å². The number of carbonyl (C=O) groups excluding carboxylic acids is 1. The Hall–Kier alpha value is -3.37. The minimum Gasteiger partial charge on any atom is -0.494 e. The van der Waals surface area contributed by atoms with Crippen molar-refractivity contribution < 1.29 is 13.9 Å². The van der Waals surface area contributed by atoms with Crippen LogP contribution in [0.2, 0.25) is 5.02 Å². The van der Waals surface area contributed by atoms with Crippen LogP contribution in [0.1, 0.15) is 41.6 Å². The van der Waals surface area contributed by atoms with E-state index in [1.807, 2.05) is 48.5 Å². The van der Waals surface area contributed by atoms with E-state index in [9.17, 15) is 4.79 Å². The molecule has 0 fully saturated rings. The van der Waals surface area contributed by atoms with E-state index in [1.54, 1.807) is 30.3 Å². The van der Waals surface area contributed by atoms with Crippen molar-refractivity contribution in [3.8, 4) is 5.75 Å². The van der Waals surface area contributed by atoms with Gasteiger partial charge in [0.1, 0.15) is 11.3 Å². The number of para-hydroxylation sites is 2. The van der Waals surface area contributed by atoms with Gasteiger partial charge in [-0.05, 0) is 66.6 Å². The first-order chi connectivity index (χ1) is 15.1. The van der Waals surface area contributed by atoms with Gasteiger partial charge in [-0.15, -0.1) is 0 Å². The largest absolute Gasteiger partial charge is 0.494 e. The molecule has 4 nitrogen and oxygen atoms in total. The third-order valence-corrected chi connectivity index (χ3v) is 5.09. The van der Waals surface area contributed by atoms with Gasteiger partial charge in [0.25, 0.3) is 0 Å². The lowest BCUT2D eigenvalue weighted by molar-refractivity contribution is 0.105. The van der Waals surface area contributed by atoms with Crippen molar-refractivity contribution in [3.05, 3.63) is 94.8 Å². The van der Waals surface area contributed by atoms with E-state index in [-0.39, 0.29) is 11.7 Å². The van der Waals surface area contributed by atoms with Gasteiger partial charge in [-0.2, -0.15) is 0 Å². The van der Waals surface area contributed by atoms with Crippen LogP contribution in [0.3, 0.4) is 0 Å². The molecule has 1 aromatic heterocycles. The molecule has 0 aliphatic heterocycles. The highest BCUT2D eigenvalue weighted by atomic mass is 35.5. The first-order valence-corrected chi connectivity index (χ1v) is 10.6. The van der Waals surface area contributed by atoms with Gasteiger partial charge in [-0.3, -0.25) is 4.79 Å². The van der Waals surface area contributed by atoms with E-state index >= 15 is 0 Å². The molecule has 0 spiro atoms. The molecule has 0 bridgehead atoms. The molecule has 4 aromatic rings. The Kier molecular flexibility index (Phi) is 6.48. The Morgan fingerprint density at radius 1 is 1.03 bits per heavy atom. The number of aromatic nitrogens is 1. The van der Waals surface area contributed by atoms with Crippen molar-refractivity contribution in [2.45, 2.75) is 19.8 Å². The number of allylic oxidation sites excluding steroid dienone is 1. The number of hydrogen-bond donors (Lipinski definition) is 0. The Bertz CT molecular complexity index is 1170. The van der Waals surface area contributed by atoms with E-state index in [0.29, 0.717) is 33.9 Å². The molecule has 0 atom stereocenters. The molecule has 156 valence electrons. The fourth-order valence-electron chi connectivity index (χ4n) is 3.13. The summed E-state index contributed by atoms with van der Waals surface area (Å²) < 4.78 is 11.6. The first-order valence-electron chi connectivity index (χ1n) is 10.2. The molecule has 5 heteroatoms. The summed E-state index contributed by atoms with van der Waals surface area (Å²) in [5.41, 5.74) is 3.07. The number of Topliss-reactive ketones (excluding diaryl/α,β-unsaturated/α-hetero) is 1. The smallest absolute Gasteiger partial charge is 0.231 e. The lowest BCUT2D eigenvalue weighted by atomic mass is 10.0. The summed E-state index contributed by atoms with van der Waals surface area (Å²) in [4.78, 5) is 18.0. The predicted molar refractivity (Wildman–Crippen MR) is 125 cm³/mol. The molecule has 4 rings (SSSR count). The van der Waals surface area contributed by atoms with Gasteiger partial charge in [0.2, 0.25) is 5.89 Å². The summed E-state index contributed by atoms with van der Waals surface area (Å²) in [6.45, 7) is 2.78. The molecule has 31 heavy (non-hydrogen) atoms. The standard InChI is InChI=1S/C26H22ClNO3/c1-2-3-16-30-21-14-10-19(11-15-21)25(29)22(17-18-8-12-20(27)13-9-18)26-28-23-6-4-5-7-24(23)31-26/h4-15,17H,2-3,16H2,1H3. The summed E-state index contributed by atoms with van der Waals surface area (Å²) in [5.74, 6) is 0.848. The van der Waals surface area contributed by atoms with E-state index < -0.39 is 0 Å². The second kappa shape index (κ2) is 9.63. The van der Waals surface area contributed by atoms with Crippen molar-refractivity contribution in [1.29, 1.82) is 0 Å². The van der Waals surface area contributed by atoms with Crippen LogP contribution in [0.25, 0.3) is 22.7 Å². The maximum Gasteiger partial charge on any atom is 0.231 e. The fourth-order valence-corrected chi connectivity index (χ4v) is 3.26. The Morgan fingerprint density at radius 2 is 1.77 bits per heavy atom. The summed E-state index contributed by atoms with van der Waals surface area (Å²) in [6, 6.07) is 21.9. The van der Waals surface area contributed by atoms with Gasteiger partial charge in [-0.1, -0.05) is 49.2 Å². The zero-order chi connectivity index (χ0) is 21.6. The van der Waals surface area contributed by atoms with Gasteiger partial charge >= 0.3 is 0 Å². The van der Waals surface area contributed by atoms with E-state index in [2.05, 4.69) is 11.9 Å². The highest BCUT2D eigenvalue weighted by Gasteiger charge is 2.20. The monoisotopic (exact) mass is 431 g/mol. The Balaban J connectivity index is 1.69. The van der Waals surface area contributed by atoms with Crippen molar-refractivity contribution in [2.75, 3.05) is 6.61 Å². The van der Waals surface area contributed by atoms with E-state index in [0.717, 1.165) is 24.2 Å². The predicted octanol–water partition coefficient (Wildman–Crippen LogP) is 7.08. The van der Waals surface area contributed by atoms with Crippen LogP contribution in [-0.2, 0) is 0 Å². The highest BCUT2D eigenvalue weighted by Crippen LogP contribution is 2.27. The summed E-state index contributed by atoms with van der Waals surface area (Å²) >= 11 is 6.01. The van der Waals surface area contributed by atoms with E-state index in [4.69, 9.17) is 20.8 Å². The minimum atomic E-state index is -0.179. The number of ketones is 1. The van der Waals surface area contributed by atoms with Crippen molar-refractivity contribution in [1.82, 2.24) is 4.98 Å². The van der Waals surface area contributed by atoms with Gasteiger partial charge in [0.15, 0.2) is 11.4 Å². The lowest BCUT2D eigenvalue weighted by Crippen LogP contribution is -2.04. The average Bonchev–Trinajstić information content (AvgIpc) is 3.23. The Morgan fingerprint density at radius 3 is 2.48 bits per heavy atom. The highest BCUT2D eigenvalue weighted by molar-refractivity contribution is 6.32. The molecule has 0 amide bonds. The van der Waals surface area contributed by atoms with Gasteiger partial charge in [0, 0.05) is 10.6 Å². The van der Waals surface area contributed by atoms with Gasteiger partial charge in [-0.25, -0.2) is 4.98 Å². The van der Waals surface area contributed by atoms with Crippen LogP contribution in [0.4, 0.5) is 0 Å². The third kappa shape index (κ3) is 5.04. The summed E-state index contributed by atoms with van der Waals surface area (Å²) in [7, 11) is 0. The van der Waals surface area contributed by atoms with Crippen LogP contribution in [0, 0.1) is 0 Å². The molecular weight excluding hydrogens is 410 g/mol. The molecule has 3 aromatic carbocycles. The van der Waals surface area contributed by atoms with Crippen LogP contribution in [0.5, 0.6) is 5.75 Å². The maximum absolute atomic E-state index is 13.4. The van der Waals surface area contributed by atoms with Crippen LogP contribution in [-0.4, -0.2) is 17.4 Å². The molecule has 0 radical (unpaired) electrons. The fraction of sp³-hybridized carbons (Fsp3) is 0.154. The second-order valence-corrected chi connectivity index (χ2v) is 7.59. The molecular formula is C26H22ClNO3. The number of oxazole rings is 1. The number of carbonyl (C=O) groups is 1. The number of benzene rings is 3. The average molecular weight is 432 g/mol. The molecule has 1 heterocycles. The number of hydrogen-bond acceptors (Lipinski definition) is 4. The van der Waals surface area contributed by atoms with Crippen LogP contribution in [0.15, 0.2) is 77.2 Å². The van der Waals surface area contributed by atoms with Crippen molar-refractivity contribution in [2.24, 2.45) is 0 Å². The summed E-state index contributed by atoms with van der Waals surface area (Å²) in [6.07, 6.45) is 3.83. The number of unbranched alkanes of at least 4 members (excludes halogenated alkanes) is 1. The first kappa shape index (κ1) is 20.9. The molecule has 0 aliphatic rings. The number of nitrogens with zero attached hydrogens (tertiary/aromatic N) is 1. The van der Waals surface area contributed by atoms with Crippen LogP contribution < -0.4 is 4.74 Å². The second-order valence-electron chi connectivity index (χ2n) is 7.15. The summed E-state index contributed by atoms with van der Waals surface area (Å²) in [5, 5.41) is 0.630. The minimum absolute atomic E-state index is 0.179. The van der Waals surface area contributed by atoms with Crippen molar-refractivity contribution >= 4 is 40.1 Å².